The molecule has 252 valence electrons. The van der Waals surface area contributed by atoms with Crippen molar-refractivity contribution in [1.82, 2.24) is 0 Å². The Morgan fingerprint density at radius 3 is 1.46 bits per heavy atom. The predicted octanol–water partition coefficient (Wildman–Crippen LogP) is 6.39. The molecule has 1 aliphatic rings. The van der Waals surface area contributed by atoms with Crippen LogP contribution >= 0.6 is 0 Å². The maximum Gasteiger partial charge on any atom is -1.00 e. The summed E-state index contributed by atoms with van der Waals surface area (Å²) in [4.78, 5) is 0. The Labute approximate surface area is 318 Å². The monoisotopic (exact) mass is 752 g/mol. The van der Waals surface area contributed by atoms with E-state index in [9.17, 15) is 0 Å². The summed E-state index contributed by atoms with van der Waals surface area (Å²) >= 11 is 1.46. The van der Waals surface area contributed by atoms with Gasteiger partial charge in [0.05, 0.1) is 0 Å². The first-order valence-electron chi connectivity index (χ1n) is 16.6. The van der Waals surface area contributed by atoms with Gasteiger partial charge in [-0.15, -0.1) is 39.7 Å². The zero-order valence-corrected chi connectivity index (χ0v) is 34.7. The fourth-order valence-corrected chi connectivity index (χ4v) is 6.32. The van der Waals surface area contributed by atoms with E-state index in [1.807, 2.05) is 0 Å². The summed E-state index contributed by atoms with van der Waals surface area (Å²) in [6.45, 7) is 24.6. The van der Waals surface area contributed by atoms with Crippen LogP contribution < -0.4 is 24.8 Å². The maximum absolute atomic E-state index is 3.26. The van der Waals surface area contributed by atoms with Gasteiger partial charge >= 0.3 is 106 Å². The zero-order valence-electron chi connectivity index (χ0n) is 30.7. The van der Waals surface area contributed by atoms with E-state index >= 15 is 0 Å². The second-order valence-corrected chi connectivity index (χ2v) is 17.1. The van der Waals surface area contributed by atoms with Gasteiger partial charge in [-0.2, -0.15) is 11.6 Å². The third-order valence-corrected chi connectivity index (χ3v) is 10.1. The average molecular weight is 755 g/mol. The van der Waals surface area contributed by atoms with Crippen molar-refractivity contribution in [2.45, 2.75) is 87.0 Å². The first-order chi connectivity index (χ1) is 21.4. The second kappa shape index (κ2) is 17.0. The summed E-state index contributed by atoms with van der Waals surface area (Å²) in [6.07, 6.45) is 7.65. The Balaban J connectivity index is 0.000000261. The first-order valence-corrected chi connectivity index (χ1v) is 17.8. The Bertz CT molecular complexity index is 1780. The Kier molecular flexibility index (Phi) is 14.8. The number of rotatable bonds is 2. The quantitative estimate of drug-likeness (QED) is 0.184. The molecular weight excluding hydrogens is 703 g/mol. The van der Waals surface area contributed by atoms with Gasteiger partial charge in [0.1, 0.15) is 0 Å². The number of allylic oxidation sites excluding steroid dienone is 4. The van der Waals surface area contributed by atoms with Crippen molar-refractivity contribution in [2.75, 3.05) is 0 Å². The van der Waals surface area contributed by atoms with Crippen LogP contribution in [0.5, 0.6) is 0 Å². The van der Waals surface area contributed by atoms with Crippen molar-refractivity contribution < 1.29 is 49.0 Å². The normalized spacial score (nSPS) is 14.2. The molecule has 1 unspecified atom stereocenters. The van der Waals surface area contributed by atoms with Gasteiger partial charge in [-0.1, -0.05) is 116 Å². The third-order valence-electron chi connectivity index (χ3n) is 8.64. The molecule has 0 saturated carbocycles. The van der Waals surface area contributed by atoms with E-state index in [1.54, 1.807) is 0 Å². The predicted molar refractivity (Wildman–Crippen MR) is 200 cm³/mol. The molecule has 0 radical (unpaired) electrons. The standard InChI is InChI=1S/C21H25.C14H12.C10H15.2ClH.Zr/c1-20(2,3)16-7-9-18-14(12-16)11-15-13-17(21(4,5)6)8-10-19(15)18;1-12-7-9-14(10-8-12)11-13-5-3-2-4-6-13;1-8-5-6-9(7-8)10(2,3)4;;;/h7-13H,1-6H3;2-10H,1H3;6-8H,1-4H3;2*1H;/q-1;;-1;;;+2/p-2. The van der Waals surface area contributed by atoms with Crippen LogP contribution in [0.2, 0.25) is 0 Å². The van der Waals surface area contributed by atoms with E-state index in [0.717, 1.165) is 0 Å². The fourth-order valence-electron chi connectivity index (χ4n) is 5.50. The van der Waals surface area contributed by atoms with Gasteiger partial charge in [0.15, 0.2) is 0 Å². The molecule has 0 aromatic heterocycles. The van der Waals surface area contributed by atoms with Crippen molar-refractivity contribution in [3.63, 3.8) is 0 Å². The van der Waals surface area contributed by atoms with Gasteiger partial charge in [0, 0.05) is 0 Å². The molecule has 5 aromatic carbocycles. The van der Waals surface area contributed by atoms with Crippen molar-refractivity contribution in [3.05, 3.63) is 149 Å². The molecule has 0 N–H and O–H groups in total. The largest absolute Gasteiger partial charge is 1.00 e. The van der Waals surface area contributed by atoms with Crippen LogP contribution in [0.15, 0.2) is 115 Å². The summed E-state index contributed by atoms with van der Waals surface area (Å²) in [5.74, 6) is 0.522. The molecule has 0 spiro atoms. The number of halogens is 2. The third kappa shape index (κ3) is 11.0. The molecule has 0 aliphatic heterocycles. The van der Waals surface area contributed by atoms with Gasteiger partial charge < -0.3 is 24.8 Å². The minimum absolute atomic E-state index is 0. The summed E-state index contributed by atoms with van der Waals surface area (Å²) < 4.78 is 1.42. The number of hydrogen-bond donors (Lipinski definition) is 0. The van der Waals surface area contributed by atoms with Crippen LogP contribution in [-0.4, -0.2) is 3.21 Å². The Morgan fingerprint density at radius 1 is 0.625 bits per heavy atom. The summed E-state index contributed by atoms with van der Waals surface area (Å²) in [7, 11) is 0. The summed E-state index contributed by atoms with van der Waals surface area (Å²) in [5.41, 5.74) is 8.92. The molecule has 48 heavy (non-hydrogen) atoms. The van der Waals surface area contributed by atoms with Crippen molar-refractivity contribution in [3.8, 4) is 0 Å². The van der Waals surface area contributed by atoms with Crippen molar-refractivity contribution in [1.29, 1.82) is 0 Å². The van der Waals surface area contributed by atoms with E-state index in [0.29, 0.717) is 11.3 Å². The Morgan fingerprint density at radius 2 is 1.08 bits per heavy atom. The van der Waals surface area contributed by atoms with Crippen LogP contribution in [-0.2, 0) is 35.1 Å². The van der Waals surface area contributed by atoms with E-state index in [-0.39, 0.29) is 35.6 Å². The molecule has 3 heteroatoms. The van der Waals surface area contributed by atoms with Crippen LogP contribution in [0.4, 0.5) is 0 Å². The number of benzene rings is 4. The Hall–Kier alpha value is -2.44. The molecule has 0 fully saturated rings. The average Bonchev–Trinajstić information content (AvgIpc) is 3.60. The van der Waals surface area contributed by atoms with Crippen LogP contribution in [0.25, 0.3) is 21.5 Å². The van der Waals surface area contributed by atoms with Crippen LogP contribution in [0.3, 0.4) is 0 Å². The SMILES string of the molecule is CC(C)(C)c1ccc2c(c1)[cH-]c1cc(C(C)(C)C)ccc12.CC1[C-]=CC(C(C)(C)C)=C1.Cc1ccc([C](=[Zr+2])c2ccccc2)cc1.[Cl-].[Cl-]. The smallest absolute Gasteiger partial charge is 1.00 e. The van der Waals surface area contributed by atoms with Gasteiger partial charge in [-0.3, -0.25) is 6.08 Å². The molecule has 5 aromatic rings. The molecule has 0 heterocycles. The molecule has 0 nitrogen and oxygen atoms in total. The molecule has 0 amide bonds. The molecule has 1 aliphatic carbocycles. The van der Waals surface area contributed by atoms with E-state index < -0.39 is 0 Å². The molecule has 0 saturated heterocycles. The van der Waals surface area contributed by atoms with Gasteiger partial charge in [0.25, 0.3) is 0 Å². The number of fused-ring (bicyclic) bond motifs is 3. The molecule has 1 atom stereocenters. The van der Waals surface area contributed by atoms with Crippen LogP contribution in [0.1, 0.15) is 97.1 Å². The van der Waals surface area contributed by atoms with Crippen molar-refractivity contribution in [2.24, 2.45) is 11.3 Å². The van der Waals surface area contributed by atoms with E-state index in [4.69, 9.17) is 0 Å². The summed E-state index contributed by atoms with van der Waals surface area (Å²) in [6, 6.07) is 35.5. The van der Waals surface area contributed by atoms with Gasteiger partial charge in [-0.05, 0) is 10.8 Å². The minimum atomic E-state index is 0. The maximum atomic E-state index is 3.26. The minimum Gasteiger partial charge on any atom is -1.00 e. The number of hydrogen-bond acceptors (Lipinski definition) is 0. The zero-order chi connectivity index (χ0) is 33.9. The van der Waals surface area contributed by atoms with Gasteiger partial charge in [-0.25, -0.2) is 6.08 Å². The fraction of sp³-hybridized carbons (Fsp3) is 0.333. The number of aryl methyl sites for hydroxylation is 1. The van der Waals surface area contributed by atoms with Crippen molar-refractivity contribution >= 4 is 24.8 Å². The van der Waals surface area contributed by atoms with Crippen LogP contribution in [0, 0.1) is 24.3 Å². The van der Waals surface area contributed by atoms with E-state index in [2.05, 4.69) is 191 Å². The van der Waals surface area contributed by atoms with E-state index in [1.165, 1.54) is 82.4 Å². The molecule has 0 bridgehead atoms. The second-order valence-electron chi connectivity index (χ2n) is 15.8. The molecule has 6 rings (SSSR count). The topological polar surface area (TPSA) is 0 Å². The van der Waals surface area contributed by atoms with Gasteiger partial charge in [0.2, 0.25) is 0 Å². The molecular formula is C45H52Cl2Zr-2. The summed E-state index contributed by atoms with van der Waals surface area (Å²) in [5, 5.41) is 5.48. The first kappa shape index (κ1) is 41.7.